The highest BCUT2D eigenvalue weighted by atomic mass is 16.6. The number of nitrogens with zero attached hydrogens (tertiary/aromatic N) is 3. The van der Waals surface area contributed by atoms with E-state index in [1.54, 1.807) is 6.07 Å². The van der Waals surface area contributed by atoms with Crippen molar-refractivity contribution in [2.45, 2.75) is 18.8 Å². The van der Waals surface area contributed by atoms with E-state index in [1.165, 1.54) is 20.3 Å². The number of ether oxygens (including phenoxy) is 2. The van der Waals surface area contributed by atoms with Crippen molar-refractivity contribution < 1.29 is 14.4 Å². The number of fused-ring (bicyclic) bond motifs is 2. The fourth-order valence-corrected chi connectivity index (χ4v) is 3.76. The molecule has 1 N–H and O–H groups in total. The minimum Gasteiger partial charge on any atom is -0.493 e. The van der Waals surface area contributed by atoms with Crippen LogP contribution in [-0.2, 0) is 0 Å². The molecule has 0 aliphatic carbocycles. The molecule has 24 heavy (non-hydrogen) atoms. The molecule has 1 aromatic heterocycles. The maximum absolute atomic E-state index is 11.4. The lowest BCUT2D eigenvalue weighted by molar-refractivity contribution is -0.385. The molecule has 3 aliphatic heterocycles. The third-order valence-corrected chi connectivity index (χ3v) is 4.92. The molecule has 0 radical (unpaired) electrons. The summed E-state index contributed by atoms with van der Waals surface area (Å²) in [6.45, 7) is 2.00. The molecule has 1 fully saturated rings. The molecule has 0 saturated carbocycles. The van der Waals surface area contributed by atoms with Crippen LogP contribution in [-0.4, -0.2) is 42.4 Å². The number of hydrogen-bond donors (Lipinski definition) is 1. The van der Waals surface area contributed by atoms with Gasteiger partial charge in [-0.05, 0) is 18.9 Å². The van der Waals surface area contributed by atoms with Gasteiger partial charge >= 0.3 is 5.69 Å². The van der Waals surface area contributed by atoms with Crippen LogP contribution in [0, 0.1) is 10.1 Å². The predicted octanol–water partition coefficient (Wildman–Crippen LogP) is 2.70. The molecule has 2 bridgehead atoms. The van der Waals surface area contributed by atoms with Crippen LogP contribution in [0.15, 0.2) is 12.1 Å². The Morgan fingerprint density at radius 3 is 2.67 bits per heavy atom. The Hall–Kier alpha value is -2.77. The van der Waals surface area contributed by atoms with Gasteiger partial charge in [0.15, 0.2) is 5.75 Å². The van der Waals surface area contributed by atoms with E-state index in [0.29, 0.717) is 17.2 Å². The second-order valence-corrected chi connectivity index (χ2v) is 6.08. The Balaban J connectivity index is 1.89. The van der Waals surface area contributed by atoms with Gasteiger partial charge in [-0.15, -0.1) is 0 Å². The Morgan fingerprint density at radius 1 is 1.29 bits per heavy atom. The van der Waals surface area contributed by atoms with Crippen LogP contribution in [0.3, 0.4) is 0 Å². The maximum atomic E-state index is 11.4. The van der Waals surface area contributed by atoms with Crippen LogP contribution in [0.4, 0.5) is 11.4 Å². The average Bonchev–Trinajstić information content (AvgIpc) is 3.08. The number of aromatic amines is 1. The van der Waals surface area contributed by atoms with E-state index in [9.17, 15) is 10.1 Å². The molecule has 3 aliphatic rings. The summed E-state index contributed by atoms with van der Waals surface area (Å²) < 4.78 is 10.4. The minimum atomic E-state index is -0.462. The number of nitro groups is 1. The second-order valence-electron chi connectivity index (χ2n) is 6.08. The first-order valence-corrected chi connectivity index (χ1v) is 7.88. The molecule has 8 nitrogen and oxygen atoms in total. The smallest absolute Gasteiger partial charge is 0.315 e. The SMILES string of the molecule is COc1cc(-c2n[nH]c3c2N2CCC3CC2)cc([N+](=O)[O-])c1OC. The van der Waals surface area contributed by atoms with Crippen molar-refractivity contribution in [2.75, 3.05) is 32.2 Å². The summed E-state index contributed by atoms with van der Waals surface area (Å²) >= 11 is 0. The number of anilines is 1. The van der Waals surface area contributed by atoms with E-state index in [1.807, 2.05) is 0 Å². The van der Waals surface area contributed by atoms with Gasteiger partial charge < -0.3 is 14.4 Å². The molecule has 0 spiro atoms. The number of methoxy groups -OCH3 is 2. The van der Waals surface area contributed by atoms with Gasteiger partial charge in [-0.3, -0.25) is 15.2 Å². The van der Waals surface area contributed by atoms with Gasteiger partial charge in [0.1, 0.15) is 5.69 Å². The molecule has 126 valence electrons. The molecular formula is C16H18N4O4. The molecule has 5 rings (SSSR count). The number of hydrogen-bond acceptors (Lipinski definition) is 6. The zero-order valence-corrected chi connectivity index (χ0v) is 13.5. The molecule has 0 unspecified atom stereocenters. The highest BCUT2D eigenvalue weighted by molar-refractivity contribution is 5.82. The largest absolute Gasteiger partial charge is 0.493 e. The van der Waals surface area contributed by atoms with Crippen LogP contribution in [0.25, 0.3) is 11.3 Å². The normalized spacial score (nSPS) is 16.2. The lowest BCUT2D eigenvalue weighted by Crippen LogP contribution is -2.38. The Bertz CT molecular complexity index is 809. The number of aromatic nitrogens is 2. The van der Waals surface area contributed by atoms with Gasteiger partial charge in [0.25, 0.3) is 0 Å². The van der Waals surface area contributed by atoms with Crippen LogP contribution in [0.5, 0.6) is 11.5 Å². The monoisotopic (exact) mass is 330 g/mol. The fourth-order valence-electron chi connectivity index (χ4n) is 3.76. The third-order valence-electron chi connectivity index (χ3n) is 4.92. The van der Waals surface area contributed by atoms with Crippen molar-refractivity contribution in [3.8, 4) is 22.8 Å². The van der Waals surface area contributed by atoms with E-state index < -0.39 is 4.92 Å². The first-order chi connectivity index (χ1) is 11.6. The van der Waals surface area contributed by atoms with Gasteiger partial charge in [0.2, 0.25) is 5.75 Å². The molecule has 1 aromatic carbocycles. The Labute approximate surface area is 138 Å². The quantitative estimate of drug-likeness (QED) is 0.684. The number of rotatable bonds is 4. The molecule has 0 atom stereocenters. The van der Waals surface area contributed by atoms with Crippen LogP contribution in [0.1, 0.15) is 24.5 Å². The highest BCUT2D eigenvalue weighted by Crippen LogP contribution is 2.48. The van der Waals surface area contributed by atoms with Crippen LogP contribution in [0.2, 0.25) is 0 Å². The minimum absolute atomic E-state index is 0.123. The van der Waals surface area contributed by atoms with Crippen molar-refractivity contribution in [3.05, 3.63) is 27.9 Å². The lowest BCUT2D eigenvalue weighted by atomic mass is 9.86. The van der Waals surface area contributed by atoms with Crippen molar-refractivity contribution in [2.24, 2.45) is 0 Å². The van der Waals surface area contributed by atoms with Gasteiger partial charge in [-0.25, -0.2) is 0 Å². The predicted molar refractivity (Wildman–Crippen MR) is 88.0 cm³/mol. The van der Waals surface area contributed by atoms with Crippen molar-refractivity contribution >= 4 is 11.4 Å². The summed E-state index contributed by atoms with van der Waals surface area (Å²) in [6, 6.07) is 3.24. The highest BCUT2D eigenvalue weighted by Gasteiger charge is 2.36. The molecule has 1 saturated heterocycles. The van der Waals surface area contributed by atoms with Gasteiger partial charge in [0, 0.05) is 30.6 Å². The topological polar surface area (TPSA) is 93.5 Å². The summed E-state index contributed by atoms with van der Waals surface area (Å²) in [5.74, 6) is 0.952. The zero-order chi connectivity index (χ0) is 16.8. The van der Waals surface area contributed by atoms with Crippen LogP contribution >= 0.6 is 0 Å². The number of nitro benzene ring substituents is 1. The first-order valence-electron chi connectivity index (χ1n) is 7.88. The van der Waals surface area contributed by atoms with E-state index in [0.717, 1.165) is 43.0 Å². The molecule has 2 aromatic rings. The summed E-state index contributed by atoms with van der Waals surface area (Å²) in [6.07, 6.45) is 2.25. The number of piperidine rings is 1. The molecule has 8 heteroatoms. The van der Waals surface area contributed by atoms with E-state index in [2.05, 4.69) is 15.1 Å². The van der Waals surface area contributed by atoms with E-state index >= 15 is 0 Å². The first kappa shape index (κ1) is 14.8. The number of nitrogens with one attached hydrogen (secondary N) is 1. The molecular weight excluding hydrogens is 312 g/mol. The van der Waals surface area contributed by atoms with Gasteiger partial charge in [0.05, 0.1) is 30.5 Å². The number of benzene rings is 1. The molecule has 0 amide bonds. The van der Waals surface area contributed by atoms with E-state index in [-0.39, 0.29) is 11.4 Å². The summed E-state index contributed by atoms with van der Waals surface area (Å²) in [5.41, 5.74) is 3.47. The second kappa shape index (κ2) is 5.40. The number of H-pyrrole nitrogens is 1. The Morgan fingerprint density at radius 2 is 2.04 bits per heavy atom. The van der Waals surface area contributed by atoms with Crippen molar-refractivity contribution in [1.82, 2.24) is 10.2 Å². The summed E-state index contributed by atoms with van der Waals surface area (Å²) in [7, 11) is 2.86. The summed E-state index contributed by atoms with van der Waals surface area (Å²) in [4.78, 5) is 13.3. The lowest BCUT2D eigenvalue weighted by Gasteiger charge is -2.40. The van der Waals surface area contributed by atoms with Crippen LogP contribution < -0.4 is 14.4 Å². The van der Waals surface area contributed by atoms with Gasteiger partial charge in [-0.1, -0.05) is 0 Å². The fraction of sp³-hybridized carbons (Fsp3) is 0.438. The average molecular weight is 330 g/mol. The third kappa shape index (κ3) is 2.02. The van der Waals surface area contributed by atoms with Crippen molar-refractivity contribution in [3.63, 3.8) is 0 Å². The van der Waals surface area contributed by atoms with Crippen molar-refractivity contribution in [1.29, 1.82) is 0 Å². The standard InChI is InChI=1S/C16H18N4O4/c1-23-12-8-10(7-11(20(21)22)16(12)24-2)14-15-13(17-18-14)9-3-5-19(15)6-4-9/h7-9H,3-6H2,1-2H3,(H,17,18). The summed E-state index contributed by atoms with van der Waals surface area (Å²) in [5, 5.41) is 19.0. The molecule has 4 heterocycles. The van der Waals surface area contributed by atoms with E-state index in [4.69, 9.17) is 9.47 Å². The zero-order valence-electron chi connectivity index (χ0n) is 13.5. The Kier molecular flexibility index (Phi) is 3.33. The van der Waals surface area contributed by atoms with Gasteiger partial charge in [-0.2, -0.15) is 5.10 Å². The maximum Gasteiger partial charge on any atom is 0.315 e.